The van der Waals surface area contributed by atoms with Crippen LogP contribution >= 0.6 is 24.0 Å². The standard InChI is InChI=1S/C19H29N3O.HI/c1-20-18(21-13-15-8-9-15)22-14-19(10-3-4-11-19)16-6-5-7-17(12-16)23-2;/h5-7,12,15H,3-4,8-11,13-14H2,1-2H3,(H2,20,21,22);1H. The lowest BCUT2D eigenvalue weighted by Gasteiger charge is -2.31. The molecule has 4 nitrogen and oxygen atoms in total. The van der Waals surface area contributed by atoms with Crippen LogP contribution in [0.4, 0.5) is 0 Å². The molecule has 1 aromatic rings. The van der Waals surface area contributed by atoms with E-state index >= 15 is 0 Å². The summed E-state index contributed by atoms with van der Waals surface area (Å²) < 4.78 is 5.42. The molecule has 1 aromatic carbocycles. The molecule has 0 bridgehead atoms. The minimum absolute atomic E-state index is 0. The van der Waals surface area contributed by atoms with Crippen LogP contribution in [-0.2, 0) is 5.41 Å². The molecule has 24 heavy (non-hydrogen) atoms. The van der Waals surface area contributed by atoms with Crippen LogP contribution in [-0.4, -0.2) is 33.2 Å². The minimum Gasteiger partial charge on any atom is -0.497 e. The number of hydrogen-bond acceptors (Lipinski definition) is 2. The second-order valence-electron chi connectivity index (χ2n) is 6.97. The summed E-state index contributed by atoms with van der Waals surface area (Å²) in [4.78, 5) is 4.38. The van der Waals surface area contributed by atoms with Gasteiger partial charge in [0.1, 0.15) is 5.75 Å². The summed E-state index contributed by atoms with van der Waals surface area (Å²) in [6.45, 7) is 1.98. The highest BCUT2D eigenvalue weighted by Gasteiger charge is 2.36. The smallest absolute Gasteiger partial charge is 0.191 e. The SMILES string of the molecule is CN=C(NCC1CC1)NCC1(c2cccc(OC)c2)CCCC1.I. The number of aliphatic imine (C=N–C) groups is 1. The normalized spacial score (nSPS) is 19.5. The summed E-state index contributed by atoms with van der Waals surface area (Å²) in [6, 6.07) is 8.58. The first-order valence-corrected chi connectivity index (χ1v) is 8.85. The number of benzene rings is 1. The zero-order valence-corrected chi connectivity index (χ0v) is 17.1. The van der Waals surface area contributed by atoms with Crippen LogP contribution < -0.4 is 15.4 Å². The van der Waals surface area contributed by atoms with E-state index in [-0.39, 0.29) is 29.4 Å². The maximum atomic E-state index is 5.42. The van der Waals surface area contributed by atoms with Gasteiger partial charge in [-0.2, -0.15) is 0 Å². The summed E-state index contributed by atoms with van der Waals surface area (Å²) >= 11 is 0. The van der Waals surface area contributed by atoms with E-state index in [4.69, 9.17) is 4.74 Å². The molecule has 0 aliphatic heterocycles. The fourth-order valence-electron chi connectivity index (χ4n) is 3.61. The van der Waals surface area contributed by atoms with Gasteiger partial charge >= 0.3 is 0 Å². The maximum Gasteiger partial charge on any atom is 0.191 e. The van der Waals surface area contributed by atoms with Crippen LogP contribution in [0, 0.1) is 5.92 Å². The van der Waals surface area contributed by atoms with Crippen LogP contribution in [0.5, 0.6) is 5.75 Å². The van der Waals surface area contributed by atoms with Crippen molar-refractivity contribution in [1.82, 2.24) is 10.6 Å². The van der Waals surface area contributed by atoms with Gasteiger partial charge in [0.15, 0.2) is 5.96 Å². The van der Waals surface area contributed by atoms with Gasteiger partial charge in [0.25, 0.3) is 0 Å². The molecule has 2 fully saturated rings. The minimum atomic E-state index is 0. The van der Waals surface area contributed by atoms with Crippen LogP contribution in [0.2, 0.25) is 0 Å². The van der Waals surface area contributed by atoms with Crippen LogP contribution in [0.25, 0.3) is 0 Å². The molecular formula is C19H30IN3O. The van der Waals surface area contributed by atoms with E-state index in [1.807, 2.05) is 13.1 Å². The first kappa shape index (κ1) is 19.3. The molecule has 0 spiro atoms. The quantitative estimate of drug-likeness (QED) is 0.401. The van der Waals surface area contributed by atoms with Crippen molar-refractivity contribution in [2.45, 2.75) is 43.9 Å². The third-order valence-corrected chi connectivity index (χ3v) is 5.32. The molecular weight excluding hydrogens is 413 g/mol. The average molecular weight is 443 g/mol. The topological polar surface area (TPSA) is 45.7 Å². The summed E-state index contributed by atoms with van der Waals surface area (Å²) in [5, 5.41) is 7.03. The van der Waals surface area contributed by atoms with Gasteiger partial charge in [-0.3, -0.25) is 4.99 Å². The van der Waals surface area contributed by atoms with Gasteiger partial charge in [-0.05, 0) is 49.3 Å². The summed E-state index contributed by atoms with van der Waals surface area (Å²) in [5.74, 6) is 2.74. The molecule has 0 unspecified atom stereocenters. The Labute approximate surface area is 162 Å². The number of halogens is 1. The van der Waals surface area contributed by atoms with Crippen molar-refractivity contribution in [2.75, 3.05) is 27.2 Å². The predicted molar refractivity (Wildman–Crippen MR) is 111 cm³/mol. The number of ether oxygens (including phenoxy) is 1. The molecule has 0 atom stereocenters. The Morgan fingerprint density at radius 1 is 1.25 bits per heavy atom. The Morgan fingerprint density at radius 3 is 2.62 bits per heavy atom. The predicted octanol–water partition coefficient (Wildman–Crippen LogP) is 3.70. The summed E-state index contributed by atoms with van der Waals surface area (Å²) in [7, 11) is 3.59. The fraction of sp³-hybridized carbons (Fsp3) is 0.632. The monoisotopic (exact) mass is 443 g/mol. The van der Waals surface area contributed by atoms with Gasteiger partial charge in [0, 0.05) is 25.6 Å². The van der Waals surface area contributed by atoms with E-state index in [1.54, 1.807) is 7.11 Å². The summed E-state index contributed by atoms with van der Waals surface area (Å²) in [6.07, 6.45) is 7.77. The third-order valence-electron chi connectivity index (χ3n) is 5.32. The van der Waals surface area contributed by atoms with E-state index < -0.39 is 0 Å². The molecule has 2 saturated carbocycles. The van der Waals surface area contributed by atoms with Gasteiger partial charge in [0.2, 0.25) is 0 Å². The first-order chi connectivity index (χ1) is 11.3. The van der Waals surface area contributed by atoms with E-state index in [1.165, 1.54) is 44.1 Å². The Hall–Kier alpha value is -0.980. The largest absolute Gasteiger partial charge is 0.497 e. The Bertz CT molecular complexity index is 551. The average Bonchev–Trinajstić information content (AvgIpc) is 3.30. The second-order valence-corrected chi connectivity index (χ2v) is 6.97. The van der Waals surface area contributed by atoms with E-state index in [0.717, 1.165) is 30.7 Å². The number of hydrogen-bond donors (Lipinski definition) is 2. The summed E-state index contributed by atoms with van der Waals surface area (Å²) in [5.41, 5.74) is 1.59. The van der Waals surface area contributed by atoms with Gasteiger partial charge in [-0.25, -0.2) is 0 Å². The Kier molecular flexibility index (Phi) is 7.19. The van der Waals surface area contributed by atoms with Gasteiger partial charge < -0.3 is 15.4 Å². The molecule has 3 rings (SSSR count). The lowest BCUT2D eigenvalue weighted by molar-refractivity contribution is 0.404. The Morgan fingerprint density at radius 2 is 2.00 bits per heavy atom. The molecule has 134 valence electrons. The van der Waals surface area contributed by atoms with Crippen molar-refractivity contribution >= 4 is 29.9 Å². The molecule has 0 radical (unpaired) electrons. The van der Waals surface area contributed by atoms with Crippen molar-refractivity contribution < 1.29 is 4.74 Å². The molecule has 0 heterocycles. The lowest BCUT2D eigenvalue weighted by Crippen LogP contribution is -2.45. The number of guanidine groups is 1. The lowest BCUT2D eigenvalue weighted by atomic mass is 9.78. The van der Waals surface area contributed by atoms with Crippen LogP contribution in [0.3, 0.4) is 0 Å². The second kappa shape index (κ2) is 8.92. The van der Waals surface area contributed by atoms with Gasteiger partial charge in [-0.15, -0.1) is 24.0 Å². The maximum absolute atomic E-state index is 5.42. The van der Waals surface area contributed by atoms with Crippen LogP contribution in [0.1, 0.15) is 44.1 Å². The molecule has 5 heteroatoms. The molecule has 0 aromatic heterocycles. The molecule has 0 saturated heterocycles. The van der Waals surface area contributed by atoms with E-state index in [2.05, 4.69) is 33.8 Å². The highest BCUT2D eigenvalue weighted by Crippen LogP contribution is 2.41. The zero-order chi connectivity index (χ0) is 16.1. The molecule has 2 aliphatic carbocycles. The molecule has 0 amide bonds. The van der Waals surface area contributed by atoms with Crippen molar-refractivity contribution in [3.8, 4) is 5.75 Å². The fourth-order valence-corrected chi connectivity index (χ4v) is 3.61. The van der Waals surface area contributed by atoms with Crippen molar-refractivity contribution in [3.05, 3.63) is 29.8 Å². The van der Waals surface area contributed by atoms with E-state index in [0.29, 0.717) is 0 Å². The van der Waals surface area contributed by atoms with Gasteiger partial charge in [0.05, 0.1) is 7.11 Å². The molecule has 2 N–H and O–H groups in total. The number of nitrogens with zero attached hydrogens (tertiary/aromatic N) is 1. The number of methoxy groups -OCH3 is 1. The van der Waals surface area contributed by atoms with E-state index in [9.17, 15) is 0 Å². The molecule has 2 aliphatic rings. The van der Waals surface area contributed by atoms with Crippen molar-refractivity contribution in [2.24, 2.45) is 10.9 Å². The van der Waals surface area contributed by atoms with Gasteiger partial charge in [-0.1, -0.05) is 25.0 Å². The van der Waals surface area contributed by atoms with Crippen molar-refractivity contribution in [3.63, 3.8) is 0 Å². The zero-order valence-electron chi connectivity index (χ0n) is 14.8. The number of nitrogens with one attached hydrogen (secondary N) is 2. The highest BCUT2D eigenvalue weighted by atomic mass is 127. The highest BCUT2D eigenvalue weighted by molar-refractivity contribution is 14.0. The third kappa shape index (κ3) is 4.77. The Balaban J connectivity index is 0.00000208. The van der Waals surface area contributed by atoms with Crippen molar-refractivity contribution in [1.29, 1.82) is 0 Å². The van der Waals surface area contributed by atoms with Crippen LogP contribution in [0.15, 0.2) is 29.3 Å². The number of rotatable bonds is 6. The first-order valence-electron chi connectivity index (χ1n) is 8.85.